The molecule has 1 heterocycles. The third kappa shape index (κ3) is 3.56. The van der Waals surface area contributed by atoms with Crippen LogP contribution in [0.2, 0.25) is 0 Å². The highest BCUT2D eigenvalue weighted by molar-refractivity contribution is 6.04. The number of carbonyl (C=O) groups is 2. The molecule has 7 heteroatoms. The Bertz CT molecular complexity index is 960. The largest absolute Gasteiger partial charge is 0.497 e. The summed E-state index contributed by atoms with van der Waals surface area (Å²) in [5.74, 6) is -0.167. The zero-order valence-corrected chi connectivity index (χ0v) is 14.1. The first-order valence-corrected chi connectivity index (χ1v) is 7.74. The zero-order chi connectivity index (χ0) is 18.7. The Balaban J connectivity index is 1.83. The van der Waals surface area contributed by atoms with Gasteiger partial charge in [-0.2, -0.15) is 0 Å². The van der Waals surface area contributed by atoms with E-state index < -0.39 is 11.9 Å². The van der Waals surface area contributed by atoms with E-state index in [1.807, 2.05) is 0 Å². The molecule has 0 aliphatic carbocycles. The fraction of sp³-hybridized carbons (Fsp3) is 0.105. The van der Waals surface area contributed by atoms with Crippen molar-refractivity contribution in [3.63, 3.8) is 0 Å². The van der Waals surface area contributed by atoms with Crippen molar-refractivity contribution < 1.29 is 23.8 Å². The number of aromatic nitrogens is 1. The molecule has 26 heavy (non-hydrogen) atoms. The molecular weight excluding hydrogens is 336 g/mol. The number of hydrogen-bond donors (Lipinski definition) is 2. The minimum atomic E-state index is -1.07. The summed E-state index contributed by atoms with van der Waals surface area (Å²) in [5, 5.41) is 11.7. The monoisotopic (exact) mass is 352 g/mol. The number of nitrogens with zero attached hydrogens (tertiary/aromatic N) is 1. The lowest BCUT2D eigenvalue weighted by Gasteiger charge is -2.04. The van der Waals surface area contributed by atoms with E-state index in [1.54, 1.807) is 50.4 Å². The summed E-state index contributed by atoms with van der Waals surface area (Å²) in [7, 11) is 1.58. The molecule has 0 atom stereocenters. The highest BCUT2D eigenvalue weighted by atomic mass is 16.5. The number of anilines is 1. The number of aromatic carboxylic acids is 1. The van der Waals surface area contributed by atoms with Gasteiger partial charge in [0.15, 0.2) is 5.69 Å². The SMILES string of the molecule is COc1ccc(-c2nc(C(=O)Nc3cccc(C(=O)O)c3)c(C)o2)cc1. The molecule has 0 aliphatic heterocycles. The highest BCUT2D eigenvalue weighted by Gasteiger charge is 2.18. The summed E-state index contributed by atoms with van der Waals surface area (Å²) in [4.78, 5) is 27.7. The zero-order valence-electron chi connectivity index (χ0n) is 14.1. The summed E-state index contributed by atoms with van der Waals surface area (Å²) in [6, 6.07) is 13.1. The van der Waals surface area contributed by atoms with E-state index in [1.165, 1.54) is 12.1 Å². The molecule has 3 aromatic rings. The molecule has 0 aliphatic rings. The fourth-order valence-electron chi connectivity index (χ4n) is 2.38. The molecule has 0 radical (unpaired) electrons. The number of benzene rings is 2. The number of carboxylic acid groups (broad SMARTS) is 1. The van der Waals surface area contributed by atoms with Gasteiger partial charge < -0.3 is 19.6 Å². The van der Waals surface area contributed by atoms with Crippen LogP contribution in [-0.4, -0.2) is 29.1 Å². The maximum absolute atomic E-state index is 12.5. The van der Waals surface area contributed by atoms with Gasteiger partial charge in [0.1, 0.15) is 11.5 Å². The number of rotatable bonds is 5. The molecule has 0 fully saturated rings. The predicted octanol–water partition coefficient (Wildman–Crippen LogP) is 3.61. The molecule has 0 spiro atoms. The van der Waals surface area contributed by atoms with Gasteiger partial charge in [-0.25, -0.2) is 9.78 Å². The first-order valence-electron chi connectivity index (χ1n) is 7.74. The van der Waals surface area contributed by atoms with E-state index in [4.69, 9.17) is 14.3 Å². The van der Waals surface area contributed by atoms with Crippen LogP contribution in [0.25, 0.3) is 11.5 Å². The molecule has 0 unspecified atom stereocenters. The van der Waals surface area contributed by atoms with Crippen LogP contribution in [0.3, 0.4) is 0 Å². The molecule has 0 saturated carbocycles. The molecule has 7 nitrogen and oxygen atoms in total. The molecule has 0 bridgehead atoms. The van der Waals surface area contributed by atoms with Crippen LogP contribution in [-0.2, 0) is 0 Å². The average molecular weight is 352 g/mol. The van der Waals surface area contributed by atoms with Gasteiger partial charge in [0, 0.05) is 11.3 Å². The predicted molar refractivity (Wildman–Crippen MR) is 94.6 cm³/mol. The number of nitrogens with one attached hydrogen (secondary N) is 1. The van der Waals surface area contributed by atoms with E-state index in [0.29, 0.717) is 28.7 Å². The summed E-state index contributed by atoms with van der Waals surface area (Å²) < 4.78 is 10.7. The number of amides is 1. The van der Waals surface area contributed by atoms with Crippen molar-refractivity contribution in [1.29, 1.82) is 0 Å². The second kappa shape index (κ2) is 7.10. The third-order valence-electron chi connectivity index (χ3n) is 3.72. The van der Waals surface area contributed by atoms with Crippen LogP contribution in [0, 0.1) is 6.92 Å². The maximum atomic E-state index is 12.5. The van der Waals surface area contributed by atoms with Gasteiger partial charge in [-0.1, -0.05) is 6.07 Å². The second-order valence-corrected chi connectivity index (χ2v) is 5.49. The number of oxazole rings is 1. The molecule has 132 valence electrons. The highest BCUT2D eigenvalue weighted by Crippen LogP contribution is 2.24. The summed E-state index contributed by atoms with van der Waals surface area (Å²) in [6.07, 6.45) is 0. The van der Waals surface area contributed by atoms with Gasteiger partial charge in [0.2, 0.25) is 5.89 Å². The lowest BCUT2D eigenvalue weighted by atomic mass is 10.2. The Hall–Kier alpha value is -3.61. The van der Waals surface area contributed by atoms with Crippen LogP contribution < -0.4 is 10.1 Å². The number of hydrogen-bond acceptors (Lipinski definition) is 5. The van der Waals surface area contributed by atoms with E-state index in [2.05, 4.69) is 10.3 Å². The van der Waals surface area contributed by atoms with Gasteiger partial charge in [-0.3, -0.25) is 4.79 Å². The van der Waals surface area contributed by atoms with E-state index in [-0.39, 0.29) is 11.3 Å². The van der Waals surface area contributed by atoms with E-state index in [0.717, 1.165) is 0 Å². The van der Waals surface area contributed by atoms with Crippen molar-refractivity contribution in [3.05, 3.63) is 65.5 Å². The van der Waals surface area contributed by atoms with E-state index in [9.17, 15) is 9.59 Å². The van der Waals surface area contributed by atoms with Crippen molar-refractivity contribution >= 4 is 17.6 Å². The lowest BCUT2D eigenvalue weighted by Crippen LogP contribution is -2.14. The van der Waals surface area contributed by atoms with Crippen molar-refractivity contribution in [2.75, 3.05) is 12.4 Å². The third-order valence-corrected chi connectivity index (χ3v) is 3.72. The molecular formula is C19H16N2O5. The number of methoxy groups -OCH3 is 1. The van der Waals surface area contributed by atoms with Crippen molar-refractivity contribution in [1.82, 2.24) is 4.98 Å². The maximum Gasteiger partial charge on any atom is 0.335 e. The summed E-state index contributed by atoms with van der Waals surface area (Å²) >= 11 is 0. The van der Waals surface area contributed by atoms with Gasteiger partial charge in [-0.15, -0.1) is 0 Å². The fourth-order valence-corrected chi connectivity index (χ4v) is 2.38. The van der Waals surface area contributed by atoms with Crippen LogP contribution in [0.5, 0.6) is 5.75 Å². The Kier molecular flexibility index (Phi) is 4.70. The van der Waals surface area contributed by atoms with Crippen LogP contribution >= 0.6 is 0 Å². The molecule has 0 saturated heterocycles. The van der Waals surface area contributed by atoms with Crippen molar-refractivity contribution in [2.24, 2.45) is 0 Å². The Labute approximate surface area is 149 Å². The average Bonchev–Trinajstić information content (AvgIpc) is 3.04. The Morgan fingerprint density at radius 2 is 1.88 bits per heavy atom. The number of carboxylic acids is 1. The number of carbonyl (C=O) groups excluding carboxylic acids is 1. The standard InChI is InChI=1S/C19H16N2O5/c1-11-16(17(22)20-14-5-3-4-13(10-14)19(23)24)21-18(26-11)12-6-8-15(25-2)9-7-12/h3-10H,1-2H3,(H,20,22)(H,23,24). The van der Waals surface area contributed by atoms with E-state index >= 15 is 0 Å². The summed E-state index contributed by atoms with van der Waals surface area (Å²) in [5.41, 5.74) is 1.29. The minimum Gasteiger partial charge on any atom is -0.497 e. The van der Waals surface area contributed by atoms with Gasteiger partial charge in [0.25, 0.3) is 5.91 Å². The summed E-state index contributed by atoms with van der Waals surface area (Å²) in [6.45, 7) is 1.64. The first-order chi connectivity index (χ1) is 12.5. The lowest BCUT2D eigenvalue weighted by molar-refractivity contribution is 0.0696. The molecule has 2 N–H and O–H groups in total. The molecule has 3 rings (SSSR count). The topological polar surface area (TPSA) is 102 Å². The van der Waals surface area contributed by atoms with Crippen LogP contribution in [0.4, 0.5) is 5.69 Å². The Morgan fingerprint density at radius 1 is 1.15 bits per heavy atom. The van der Waals surface area contributed by atoms with Gasteiger partial charge in [-0.05, 0) is 49.4 Å². The molecule has 2 aromatic carbocycles. The van der Waals surface area contributed by atoms with Crippen molar-refractivity contribution in [3.8, 4) is 17.2 Å². The minimum absolute atomic E-state index is 0.0820. The van der Waals surface area contributed by atoms with Gasteiger partial charge >= 0.3 is 5.97 Å². The Morgan fingerprint density at radius 3 is 2.54 bits per heavy atom. The quantitative estimate of drug-likeness (QED) is 0.727. The number of aryl methyl sites for hydroxylation is 1. The molecule has 1 aromatic heterocycles. The van der Waals surface area contributed by atoms with Gasteiger partial charge in [0.05, 0.1) is 12.7 Å². The number of ether oxygens (including phenoxy) is 1. The molecule has 1 amide bonds. The van der Waals surface area contributed by atoms with Crippen LogP contribution in [0.1, 0.15) is 26.6 Å². The normalized spacial score (nSPS) is 10.4. The second-order valence-electron chi connectivity index (χ2n) is 5.49. The first kappa shape index (κ1) is 17.2. The smallest absolute Gasteiger partial charge is 0.335 e. The van der Waals surface area contributed by atoms with Crippen molar-refractivity contribution in [2.45, 2.75) is 6.92 Å². The van der Waals surface area contributed by atoms with Crippen LogP contribution in [0.15, 0.2) is 52.9 Å².